The molecule has 0 nitrogen and oxygen atoms in total. The second kappa shape index (κ2) is 4.83. The van der Waals surface area contributed by atoms with Gasteiger partial charge in [-0.05, 0) is 12.8 Å². The van der Waals surface area contributed by atoms with Crippen molar-refractivity contribution in [3.8, 4) is 0 Å². The van der Waals surface area contributed by atoms with Crippen molar-refractivity contribution < 1.29 is 0 Å². The standard InChI is InChI=1S/C5H8Cl3Si/c6-5(7,8)3-1-2-4-9/h1-4H2. The fraction of sp³-hybridized carbons (Fsp3) is 1.00. The molecule has 9 heavy (non-hydrogen) atoms. The second-order valence-corrected chi connectivity index (χ2v) is 4.84. The van der Waals surface area contributed by atoms with Crippen LogP contribution in [-0.2, 0) is 0 Å². The summed E-state index contributed by atoms with van der Waals surface area (Å²) < 4.78 is -1.05. The van der Waals surface area contributed by atoms with Crippen molar-refractivity contribution in [3.63, 3.8) is 0 Å². The van der Waals surface area contributed by atoms with E-state index in [9.17, 15) is 0 Å². The second-order valence-electron chi connectivity index (χ2n) is 1.82. The van der Waals surface area contributed by atoms with Crippen molar-refractivity contribution >= 4 is 45.0 Å². The molecule has 0 spiro atoms. The predicted molar refractivity (Wildman–Crippen MR) is 44.7 cm³/mol. The fourth-order valence-electron chi connectivity index (χ4n) is 0.450. The maximum atomic E-state index is 5.48. The monoisotopic (exact) mass is 201 g/mol. The van der Waals surface area contributed by atoms with Crippen LogP contribution in [0.1, 0.15) is 19.3 Å². The van der Waals surface area contributed by atoms with Gasteiger partial charge in [-0.1, -0.05) is 47.3 Å². The van der Waals surface area contributed by atoms with Crippen LogP contribution < -0.4 is 0 Å². The summed E-state index contributed by atoms with van der Waals surface area (Å²) in [4.78, 5) is 0. The Labute approximate surface area is 74.3 Å². The average molecular weight is 203 g/mol. The molecule has 0 atom stereocenters. The summed E-state index contributed by atoms with van der Waals surface area (Å²) in [6.45, 7) is 0. The Morgan fingerprint density at radius 1 is 1.11 bits per heavy atom. The first-order valence-corrected chi connectivity index (χ1v) is 4.62. The number of hydrogen-bond donors (Lipinski definition) is 0. The zero-order chi connectivity index (χ0) is 7.33. The summed E-state index contributed by atoms with van der Waals surface area (Å²) >= 11 is 16.5. The summed E-state index contributed by atoms with van der Waals surface area (Å²) in [6.07, 6.45) is 2.66. The van der Waals surface area contributed by atoms with E-state index in [0.29, 0.717) is 6.42 Å². The van der Waals surface area contributed by atoms with Crippen LogP contribution in [0, 0.1) is 0 Å². The molecule has 0 aromatic carbocycles. The Balaban J connectivity index is 3.07. The van der Waals surface area contributed by atoms with Crippen molar-refractivity contribution in [1.29, 1.82) is 0 Å². The predicted octanol–water partition coefficient (Wildman–Crippen LogP) is 3.11. The first kappa shape index (κ1) is 10.1. The molecule has 0 fully saturated rings. The summed E-state index contributed by atoms with van der Waals surface area (Å²) in [5.74, 6) is 0. The third-order valence-electron chi connectivity index (χ3n) is 0.887. The van der Waals surface area contributed by atoms with Gasteiger partial charge in [0.1, 0.15) is 0 Å². The van der Waals surface area contributed by atoms with Crippen LogP contribution in [0.4, 0.5) is 0 Å². The number of alkyl halides is 3. The highest BCUT2D eigenvalue weighted by Crippen LogP contribution is 2.31. The molecule has 0 rings (SSSR count). The molecule has 0 unspecified atom stereocenters. The van der Waals surface area contributed by atoms with Crippen molar-refractivity contribution in [2.75, 3.05) is 0 Å². The molecule has 0 bridgehead atoms. The minimum absolute atomic E-state index is 0.641. The zero-order valence-electron chi connectivity index (χ0n) is 4.96. The molecule has 0 aliphatic heterocycles. The molecule has 0 aliphatic carbocycles. The normalized spacial score (nSPS) is 12.0. The molecule has 3 radical (unpaired) electrons. The van der Waals surface area contributed by atoms with E-state index in [4.69, 9.17) is 34.8 Å². The zero-order valence-corrected chi connectivity index (χ0v) is 8.23. The van der Waals surface area contributed by atoms with Crippen LogP contribution in [0.5, 0.6) is 0 Å². The number of rotatable bonds is 3. The van der Waals surface area contributed by atoms with Crippen LogP contribution in [0.2, 0.25) is 6.04 Å². The molecule has 0 aliphatic rings. The third-order valence-corrected chi connectivity index (χ3v) is 1.81. The smallest absolute Gasteiger partial charge is 0.0837 e. The Morgan fingerprint density at radius 3 is 2.00 bits per heavy atom. The molecule has 0 saturated carbocycles. The van der Waals surface area contributed by atoms with Gasteiger partial charge in [-0.25, -0.2) is 0 Å². The molecule has 0 aromatic heterocycles. The summed E-state index contributed by atoms with van der Waals surface area (Å²) in [5.41, 5.74) is 0. The maximum Gasteiger partial charge on any atom is 0.190 e. The van der Waals surface area contributed by atoms with Crippen LogP contribution >= 0.6 is 34.8 Å². The summed E-state index contributed by atoms with van der Waals surface area (Å²) in [6, 6.07) is 0.973. The van der Waals surface area contributed by atoms with E-state index in [1.165, 1.54) is 0 Å². The molecule has 0 heterocycles. The molecule has 0 saturated heterocycles. The number of unbranched alkanes of at least 4 members (excludes halogenated alkanes) is 1. The summed E-state index contributed by atoms with van der Waals surface area (Å²) in [7, 11) is 3.33. The molecule has 53 valence electrons. The van der Waals surface area contributed by atoms with E-state index in [0.717, 1.165) is 18.9 Å². The highest BCUT2D eigenvalue weighted by molar-refractivity contribution is 6.67. The van der Waals surface area contributed by atoms with E-state index < -0.39 is 3.79 Å². The van der Waals surface area contributed by atoms with E-state index in [1.54, 1.807) is 0 Å². The highest BCUT2D eigenvalue weighted by atomic mass is 35.6. The SMILES string of the molecule is [Si]CCCCC(Cl)(Cl)Cl. The van der Waals surface area contributed by atoms with Crippen molar-refractivity contribution in [1.82, 2.24) is 0 Å². The highest BCUT2D eigenvalue weighted by Gasteiger charge is 2.17. The van der Waals surface area contributed by atoms with E-state index in [2.05, 4.69) is 10.2 Å². The van der Waals surface area contributed by atoms with Gasteiger partial charge in [-0.3, -0.25) is 0 Å². The molecular formula is C5H8Cl3Si. The lowest BCUT2D eigenvalue weighted by atomic mass is 10.3. The van der Waals surface area contributed by atoms with Crippen LogP contribution in [-0.4, -0.2) is 14.0 Å². The fourth-order valence-corrected chi connectivity index (χ4v) is 1.10. The van der Waals surface area contributed by atoms with Gasteiger partial charge in [0.25, 0.3) is 0 Å². The minimum Gasteiger partial charge on any atom is -0.0837 e. The number of hydrogen-bond acceptors (Lipinski definition) is 0. The van der Waals surface area contributed by atoms with Crippen molar-refractivity contribution in [2.45, 2.75) is 29.1 Å². The van der Waals surface area contributed by atoms with E-state index in [1.807, 2.05) is 0 Å². The lowest BCUT2D eigenvalue weighted by Crippen LogP contribution is -2.00. The van der Waals surface area contributed by atoms with Gasteiger partial charge in [-0.15, -0.1) is 0 Å². The third kappa shape index (κ3) is 9.09. The van der Waals surface area contributed by atoms with Gasteiger partial charge in [-0.2, -0.15) is 0 Å². The Kier molecular flexibility index (Phi) is 5.42. The van der Waals surface area contributed by atoms with Crippen molar-refractivity contribution in [3.05, 3.63) is 0 Å². The molecule has 0 amide bonds. The Morgan fingerprint density at radius 2 is 1.67 bits per heavy atom. The topological polar surface area (TPSA) is 0 Å². The van der Waals surface area contributed by atoms with E-state index in [-0.39, 0.29) is 0 Å². The first-order chi connectivity index (χ1) is 4.06. The average Bonchev–Trinajstić information content (AvgIpc) is 1.63. The molecule has 4 heteroatoms. The van der Waals surface area contributed by atoms with Gasteiger partial charge in [0.05, 0.1) is 0 Å². The maximum absolute atomic E-state index is 5.48. The number of halogens is 3. The summed E-state index contributed by atoms with van der Waals surface area (Å²) in [5, 5.41) is 0. The van der Waals surface area contributed by atoms with Gasteiger partial charge < -0.3 is 0 Å². The lowest BCUT2D eigenvalue weighted by molar-refractivity contribution is 0.733. The molecule has 0 N–H and O–H groups in total. The van der Waals surface area contributed by atoms with Crippen molar-refractivity contribution in [2.24, 2.45) is 0 Å². The first-order valence-electron chi connectivity index (χ1n) is 2.77. The Bertz CT molecular complexity index is 69.1. The largest absolute Gasteiger partial charge is 0.190 e. The minimum atomic E-state index is -1.05. The molecular weight excluding hydrogens is 194 g/mol. The quantitative estimate of drug-likeness (QED) is 0.375. The van der Waals surface area contributed by atoms with Crippen LogP contribution in [0.3, 0.4) is 0 Å². The van der Waals surface area contributed by atoms with Gasteiger partial charge in [0.2, 0.25) is 0 Å². The van der Waals surface area contributed by atoms with Crippen LogP contribution in [0.15, 0.2) is 0 Å². The van der Waals surface area contributed by atoms with E-state index >= 15 is 0 Å². The lowest BCUT2D eigenvalue weighted by Gasteiger charge is -2.08. The van der Waals surface area contributed by atoms with Gasteiger partial charge in [0.15, 0.2) is 3.79 Å². The Hall–Kier alpha value is 1.09. The van der Waals surface area contributed by atoms with Gasteiger partial charge >= 0.3 is 0 Å². The van der Waals surface area contributed by atoms with Crippen LogP contribution in [0.25, 0.3) is 0 Å². The molecule has 0 aromatic rings. The van der Waals surface area contributed by atoms with Gasteiger partial charge in [0, 0.05) is 10.2 Å².